The molecular weight excluding hydrogens is 370 g/mol. The van der Waals surface area contributed by atoms with E-state index in [0.29, 0.717) is 23.2 Å². The van der Waals surface area contributed by atoms with E-state index in [4.69, 9.17) is 4.52 Å². The van der Waals surface area contributed by atoms with Crippen molar-refractivity contribution >= 4 is 11.9 Å². The number of carbonyl (C=O) groups excluding carboxylic acids is 1. The molecule has 2 aromatic carbocycles. The fourth-order valence-electron chi connectivity index (χ4n) is 2.88. The second kappa shape index (κ2) is 9.14. The Balaban J connectivity index is 1.58. The summed E-state index contributed by atoms with van der Waals surface area (Å²) < 4.78 is 5.23. The average molecular weight is 393 g/mol. The quantitative estimate of drug-likeness (QED) is 0.604. The molecule has 3 rings (SSSR count). The lowest BCUT2D eigenvalue weighted by atomic mass is 10.0. The van der Waals surface area contributed by atoms with Crippen LogP contribution in [0.15, 0.2) is 59.1 Å². The van der Waals surface area contributed by atoms with E-state index in [1.165, 1.54) is 5.56 Å². The molecule has 29 heavy (non-hydrogen) atoms. The van der Waals surface area contributed by atoms with Crippen molar-refractivity contribution in [2.24, 2.45) is 0 Å². The lowest BCUT2D eigenvalue weighted by Gasteiger charge is -2.14. The van der Waals surface area contributed by atoms with E-state index in [1.807, 2.05) is 24.3 Å². The van der Waals surface area contributed by atoms with Crippen LogP contribution in [0, 0.1) is 0 Å². The maximum atomic E-state index is 12.2. The van der Waals surface area contributed by atoms with Crippen molar-refractivity contribution in [3.63, 3.8) is 0 Å². The summed E-state index contributed by atoms with van der Waals surface area (Å²) in [7, 11) is 0. The highest BCUT2D eigenvalue weighted by molar-refractivity contribution is 5.84. The first-order valence-electron chi connectivity index (χ1n) is 9.44. The minimum Gasteiger partial charge on any atom is -0.479 e. The van der Waals surface area contributed by atoms with Crippen LogP contribution < -0.4 is 5.32 Å². The second-order valence-corrected chi connectivity index (χ2v) is 7.04. The minimum atomic E-state index is -1.12. The summed E-state index contributed by atoms with van der Waals surface area (Å²) in [6, 6.07) is 15.4. The maximum Gasteiger partial charge on any atom is 0.330 e. The molecule has 1 heterocycles. The van der Waals surface area contributed by atoms with Crippen LogP contribution in [-0.4, -0.2) is 27.1 Å². The third kappa shape index (κ3) is 5.28. The number of amides is 1. The van der Waals surface area contributed by atoms with Crippen molar-refractivity contribution in [1.82, 2.24) is 15.5 Å². The van der Waals surface area contributed by atoms with Crippen LogP contribution in [0.2, 0.25) is 0 Å². The number of rotatable bonds is 8. The molecule has 0 aliphatic rings. The third-order valence-electron chi connectivity index (χ3n) is 4.55. The van der Waals surface area contributed by atoms with Crippen LogP contribution in [0.25, 0.3) is 11.4 Å². The number of aliphatic carboxylic acids is 1. The number of nitrogens with one attached hydrogen (secondary N) is 1. The molecule has 7 heteroatoms. The molecule has 1 unspecified atom stereocenters. The molecule has 150 valence electrons. The summed E-state index contributed by atoms with van der Waals surface area (Å²) in [5.74, 6) is -0.288. The third-order valence-corrected chi connectivity index (χ3v) is 4.55. The summed E-state index contributed by atoms with van der Waals surface area (Å²) in [5, 5.41) is 15.9. The van der Waals surface area contributed by atoms with Gasteiger partial charge in [-0.25, -0.2) is 4.79 Å². The number of carbonyl (C=O) groups is 2. The molecule has 3 aromatic rings. The van der Waals surface area contributed by atoms with Gasteiger partial charge in [0.1, 0.15) is 0 Å². The van der Waals surface area contributed by atoms with Gasteiger partial charge in [0.15, 0.2) is 6.04 Å². The predicted molar refractivity (Wildman–Crippen MR) is 107 cm³/mol. The fourth-order valence-corrected chi connectivity index (χ4v) is 2.88. The Bertz CT molecular complexity index is 965. The van der Waals surface area contributed by atoms with E-state index >= 15 is 0 Å². The zero-order valence-corrected chi connectivity index (χ0v) is 16.3. The largest absolute Gasteiger partial charge is 0.479 e. The number of aromatic nitrogens is 2. The van der Waals surface area contributed by atoms with E-state index in [2.05, 4.69) is 29.3 Å². The molecule has 7 nitrogen and oxygen atoms in total. The summed E-state index contributed by atoms with van der Waals surface area (Å²) >= 11 is 0. The minimum absolute atomic E-state index is 0.0462. The van der Waals surface area contributed by atoms with Crippen molar-refractivity contribution in [2.45, 2.75) is 38.6 Å². The molecule has 1 atom stereocenters. The molecule has 0 saturated carbocycles. The molecule has 1 aromatic heterocycles. The summed E-state index contributed by atoms with van der Waals surface area (Å²) in [5.41, 5.74) is 2.57. The highest BCUT2D eigenvalue weighted by Gasteiger charge is 2.22. The molecule has 0 aliphatic heterocycles. The Hall–Kier alpha value is -3.48. The van der Waals surface area contributed by atoms with E-state index in [1.54, 1.807) is 30.3 Å². The molecule has 0 fully saturated rings. The number of aryl methyl sites for hydroxylation is 1. The van der Waals surface area contributed by atoms with Gasteiger partial charge in [0.25, 0.3) is 0 Å². The van der Waals surface area contributed by atoms with Gasteiger partial charge in [0.2, 0.25) is 17.6 Å². The Labute approximate surface area is 168 Å². The molecule has 0 bridgehead atoms. The van der Waals surface area contributed by atoms with Gasteiger partial charge in [-0.05, 0) is 17.0 Å². The van der Waals surface area contributed by atoms with E-state index in [0.717, 1.165) is 5.56 Å². The number of nitrogens with zero attached hydrogens (tertiary/aromatic N) is 2. The predicted octanol–water partition coefficient (Wildman–Crippen LogP) is 3.73. The summed E-state index contributed by atoms with van der Waals surface area (Å²) in [4.78, 5) is 28.0. The van der Waals surface area contributed by atoms with Gasteiger partial charge in [-0.3, -0.25) is 4.79 Å². The monoisotopic (exact) mass is 393 g/mol. The molecule has 0 spiro atoms. The highest BCUT2D eigenvalue weighted by Crippen LogP contribution is 2.21. The van der Waals surface area contributed by atoms with Gasteiger partial charge in [-0.2, -0.15) is 4.98 Å². The summed E-state index contributed by atoms with van der Waals surface area (Å²) in [6.45, 7) is 4.25. The molecular formula is C22H23N3O4. The Morgan fingerprint density at radius 1 is 1.03 bits per heavy atom. The lowest BCUT2D eigenvalue weighted by molar-refractivity contribution is -0.142. The number of carboxylic acid groups (broad SMARTS) is 1. The first-order chi connectivity index (χ1) is 13.9. The second-order valence-electron chi connectivity index (χ2n) is 7.04. The average Bonchev–Trinajstić information content (AvgIpc) is 3.20. The Kier molecular flexibility index (Phi) is 6.39. The van der Waals surface area contributed by atoms with Crippen molar-refractivity contribution < 1.29 is 19.2 Å². The topological polar surface area (TPSA) is 105 Å². The first kappa shape index (κ1) is 20.3. The van der Waals surface area contributed by atoms with Crippen LogP contribution in [-0.2, 0) is 16.0 Å². The van der Waals surface area contributed by atoms with Gasteiger partial charge >= 0.3 is 5.97 Å². The van der Waals surface area contributed by atoms with Gasteiger partial charge in [0, 0.05) is 18.4 Å². The van der Waals surface area contributed by atoms with Crippen LogP contribution >= 0.6 is 0 Å². The molecule has 0 aliphatic carbocycles. The zero-order chi connectivity index (χ0) is 20.8. The fraction of sp³-hybridized carbons (Fsp3) is 0.273. The van der Waals surface area contributed by atoms with Crippen LogP contribution in [0.5, 0.6) is 0 Å². The van der Waals surface area contributed by atoms with Crippen molar-refractivity contribution in [3.8, 4) is 11.4 Å². The zero-order valence-electron chi connectivity index (χ0n) is 16.3. The van der Waals surface area contributed by atoms with E-state index in [-0.39, 0.29) is 12.8 Å². The maximum absolute atomic E-state index is 12.2. The number of hydrogen-bond acceptors (Lipinski definition) is 5. The van der Waals surface area contributed by atoms with E-state index in [9.17, 15) is 14.7 Å². The van der Waals surface area contributed by atoms with Crippen molar-refractivity contribution in [1.29, 1.82) is 0 Å². The standard InChI is InChI=1S/C22H23N3O4/c1-14(2)15-8-10-17(11-9-15)21-24-19(29-25-21)13-12-18(26)23-20(22(27)28)16-6-4-3-5-7-16/h3-11,14,20H,12-13H2,1-2H3,(H,23,26)(H,27,28). The first-order valence-corrected chi connectivity index (χ1v) is 9.44. The smallest absolute Gasteiger partial charge is 0.330 e. The highest BCUT2D eigenvalue weighted by atomic mass is 16.5. The molecule has 2 N–H and O–H groups in total. The van der Waals surface area contributed by atoms with Gasteiger partial charge in [-0.15, -0.1) is 0 Å². The normalized spacial score (nSPS) is 12.0. The number of hydrogen-bond donors (Lipinski definition) is 2. The van der Waals surface area contributed by atoms with Gasteiger partial charge in [0.05, 0.1) is 0 Å². The van der Waals surface area contributed by atoms with Crippen molar-refractivity contribution in [2.75, 3.05) is 0 Å². The Morgan fingerprint density at radius 3 is 2.34 bits per heavy atom. The van der Waals surface area contributed by atoms with E-state index < -0.39 is 17.9 Å². The van der Waals surface area contributed by atoms with Gasteiger partial charge < -0.3 is 14.9 Å². The number of benzene rings is 2. The number of carboxylic acids is 1. The lowest BCUT2D eigenvalue weighted by Crippen LogP contribution is -2.33. The molecule has 0 radical (unpaired) electrons. The van der Waals surface area contributed by atoms with Crippen molar-refractivity contribution in [3.05, 3.63) is 71.6 Å². The molecule has 0 saturated heterocycles. The van der Waals surface area contributed by atoms with Gasteiger partial charge in [-0.1, -0.05) is 73.6 Å². The summed E-state index contributed by atoms with van der Waals surface area (Å²) in [6.07, 6.45) is 0.272. The Morgan fingerprint density at radius 2 is 1.72 bits per heavy atom. The SMILES string of the molecule is CC(C)c1ccc(-c2noc(CCC(=O)NC(C(=O)O)c3ccccc3)n2)cc1. The molecule has 1 amide bonds. The van der Waals surface area contributed by atoms with Crippen LogP contribution in [0.4, 0.5) is 0 Å². The van der Waals surface area contributed by atoms with Crippen LogP contribution in [0.3, 0.4) is 0 Å². The van der Waals surface area contributed by atoms with Crippen LogP contribution in [0.1, 0.15) is 49.2 Å².